The van der Waals surface area contributed by atoms with Crippen LogP contribution in [-0.4, -0.2) is 35.3 Å². The first-order chi connectivity index (χ1) is 9.11. The van der Waals surface area contributed by atoms with E-state index in [-0.39, 0.29) is 6.61 Å². The highest BCUT2D eigenvalue weighted by molar-refractivity contribution is 7.18. The lowest BCUT2D eigenvalue weighted by atomic mass is 10.2. The lowest BCUT2D eigenvalue weighted by Gasteiger charge is -2.18. The van der Waals surface area contributed by atoms with Gasteiger partial charge in [0.15, 0.2) is 0 Å². The van der Waals surface area contributed by atoms with Crippen molar-refractivity contribution in [1.29, 1.82) is 0 Å². The summed E-state index contributed by atoms with van der Waals surface area (Å²) in [6.45, 7) is 3.22. The molecule has 0 saturated heterocycles. The summed E-state index contributed by atoms with van der Waals surface area (Å²) in [6, 6.07) is 2.11. The van der Waals surface area contributed by atoms with Crippen LogP contribution in [0.5, 0.6) is 0 Å². The zero-order valence-electron chi connectivity index (χ0n) is 11.2. The van der Waals surface area contributed by atoms with Crippen molar-refractivity contribution in [2.24, 2.45) is 0 Å². The molecule has 0 bridgehead atoms. The van der Waals surface area contributed by atoms with E-state index in [1.165, 1.54) is 4.88 Å². The van der Waals surface area contributed by atoms with E-state index < -0.39 is 0 Å². The standard InChI is InChI=1S/C13H18ClN3OS/c1-9-8-10-11(15-13(14)16-12(10)19-9)17(2)6-4-3-5-7-18/h8,18H,3-7H2,1-2H3. The van der Waals surface area contributed by atoms with Gasteiger partial charge in [0.2, 0.25) is 5.28 Å². The fraction of sp³-hybridized carbons (Fsp3) is 0.538. The monoisotopic (exact) mass is 299 g/mol. The van der Waals surface area contributed by atoms with Crippen molar-refractivity contribution in [1.82, 2.24) is 9.97 Å². The Balaban J connectivity index is 2.18. The zero-order valence-corrected chi connectivity index (χ0v) is 12.8. The number of nitrogens with zero attached hydrogens (tertiary/aromatic N) is 3. The molecule has 0 aliphatic carbocycles. The number of hydrogen-bond acceptors (Lipinski definition) is 5. The van der Waals surface area contributed by atoms with Gasteiger partial charge in [-0.2, -0.15) is 4.98 Å². The third-order valence-electron chi connectivity index (χ3n) is 2.98. The zero-order chi connectivity index (χ0) is 13.8. The van der Waals surface area contributed by atoms with Gasteiger partial charge in [0, 0.05) is 25.1 Å². The number of aromatic nitrogens is 2. The lowest BCUT2D eigenvalue weighted by Crippen LogP contribution is -2.20. The van der Waals surface area contributed by atoms with Gasteiger partial charge in [-0.1, -0.05) is 0 Å². The minimum Gasteiger partial charge on any atom is -0.396 e. The molecular formula is C13H18ClN3OS. The van der Waals surface area contributed by atoms with Crippen LogP contribution in [0.2, 0.25) is 5.28 Å². The maximum Gasteiger partial charge on any atom is 0.225 e. The van der Waals surface area contributed by atoms with Crippen LogP contribution in [0.25, 0.3) is 10.2 Å². The van der Waals surface area contributed by atoms with E-state index in [4.69, 9.17) is 16.7 Å². The number of aryl methyl sites for hydroxylation is 1. The molecule has 0 aromatic carbocycles. The summed E-state index contributed by atoms with van der Waals surface area (Å²) in [4.78, 5) is 12.9. The van der Waals surface area contributed by atoms with Crippen molar-refractivity contribution in [2.75, 3.05) is 25.1 Å². The topological polar surface area (TPSA) is 49.2 Å². The highest BCUT2D eigenvalue weighted by Gasteiger charge is 2.12. The third-order valence-corrected chi connectivity index (χ3v) is 4.10. The Kier molecular flexibility index (Phi) is 4.96. The van der Waals surface area contributed by atoms with Gasteiger partial charge < -0.3 is 10.0 Å². The smallest absolute Gasteiger partial charge is 0.225 e. The van der Waals surface area contributed by atoms with E-state index in [0.29, 0.717) is 5.28 Å². The highest BCUT2D eigenvalue weighted by atomic mass is 35.5. The molecule has 0 atom stereocenters. The number of hydrogen-bond donors (Lipinski definition) is 1. The van der Waals surface area contributed by atoms with Crippen molar-refractivity contribution in [2.45, 2.75) is 26.2 Å². The Bertz CT molecular complexity index is 558. The molecule has 1 N–H and O–H groups in total. The first kappa shape index (κ1) is 14.5. The summed E-state index contributed by atoms with van der Waals surface area (Å²) in [5.41, 5.74) is 0. The molecule has 0 spiro atoms. The summed E-state index contributed by atoms with van der Waals surface area (Å²) in [5, 5.41) is 10.1. The van der Waals surface area contributed by atoms with E-state index >= 15 is 0 Å². The van der Waals surface area contributed by atoms with E-state index in [9.17, 15) is 0 Å². The Morgan fingerprint density at radius 3 is 2.84 bits per heavy atom. The third kappa shape index (κ3) is 3.55. The van der Waals surface area contributed by atoms with E-state index in [2.05, 4.69) is 27.9 Å². The summed E-state index contributed by atoms with van der Waals surface area (Å²) < 4.78 is 0. The number of aliphatic hydroxyl groups is 1. The number of fused-ring (bicyclic) bond motifs is 1. The number of thiophene rings is 1. The number of rotatable bonds is 6. The number of anilines is 1. The molecule has 2 rings (SSSR count). The predicted octanol–water partition coefficient (Wildman–Crippen LogP) is 3.25. The highest BCUT2D eigenvalue weighted by Crippen LogP contribution is 2.31. The van der Waals surface area contributed by atoms with E-state index in [0.717, 1.165) is 41.8 Å². The summed E-state index contributed by atoms with van der Waals surface area (Å²) in [5.74, 6) is 0.892. The molecule has 0 saturated carbocycles. The molecule has 0 unspecified atom stereocenters. The van der Waals surface area contributed by atoms with Gasteiger partial charge in [-0.15, -0.1) is 11.3 Å². The molecular weight excluding hydrogens is 282 g/mol. The predicted molar refractivity (Wildman–Crippen MR) is 81.4 cm³/mol. The molecule has 0 radical (unpaired) electrons. The average Bonchev–Trinajstić information content (AvgIpc) is 2.73. The molecule has 0 aliphatic heterocycles. The minimum atomic E-state index is 0.261. The van der Waals surface area contributed by atoms with Crippen molar-refractivity contribution in [3.8, 4) is 0 Å². The first-order valence-corrected chi connectivity index (χ1v) is 7.57. The normalized spacial score (nSPS) is 11.2. The number of aliphatic hydroxyl groups excluding tert-OH is 1. The molecule has 4 nitrogen and oxygen atoms in total. The van der Waals surface area contributed by atoms with Crippen LogP contribution in [0, 0.1) is 6.92 Å². The Labute approximate surface area is 122 Å². The van der Waals surface area contributed by atoms with Crippen LogP contribution < -0.4 is 4.90 Å². The van der Waals surface area contributed by atoms with Gasteiger partial charge in [0.25, 0.3) is 0 Å². The minimum absolute atomic E-state index is 0.261. The fourth-order valence-electron chi connectivity index (χ4n) is 2.04. The van der Waals surface area contributed by atoms with Crippen LogP contribution in [0.1, 0.15) is 24.1 Å². The summed E-state index contributed by atoms with van der Waals surface area (Å²) >= 11 is 7.62. The van der Waals surface area contributed by atoms with Gasteiger partial charge in [0.05, 0.1) is 5.39 Å². The molecule has 2 aromatic heterocycles. The lowest BCUT2D eigenvalue weighted by molar-refractivity contribution is 0.283. The molecule has 104 valence electrons. The second kappa shape index (κ2) is 6.50. The van der Waals surface area contributed by atoms with Crippen molar-refractivity contribution < 1.29 is 5.11 Å². The van der Waals surface area contributed by atoms with Gasteiger partial charge in [0.1, 0.15) is 10.6 Å². The summed E-state index contributed by atoms with van der Waals surface area (Å²) in [6.07, 6.45) is 2.90. The van der Waals surface area contributed by atoms with Crippen molar-refractivity contribution in [3.63, 3.8) is 0 Å². The van der Waals surface area contributed by atoms with Crippen LogP contribution in [0.4, 0.5) is 5.82 Å². The van der Waals surface area contributed by atoms with Gasteiger partial charge in [-0.05, 0) is 43.9 Å². The molecule has 6 heteroatoms. The Morgan fingerprint density at radius 2 is 2.11 bits per heavy atom. The van der Waals surface area contributed by atoms with Crippen LogP contribution >= 0.6 is 22.9 Å². The number of halogens is 1. The van der Waals surface area contributed by atoms with Gasteiger partial charge in [-0.3, -0.25) is 0 Å². The Hall–Kier alpha value is -0.910. The maximum atomic E-state index is 8.78. The van der Waals surface area contributed by atoms with Crippen molar-refractivity contribution >= 4 is 39.0 Å². The molecule has 0 aliphatic rings. The SMILES string of the molecule is Cc1cc2c(N(C)CCCCCO)nc(Cl)nc2s1. The number of unbranched alkanes of at least 4 members (excludes halogenated alkanes) is 2. The second-order valence-electron chi connectivity index (χ2n) is 4.60. The molecule has 0 fully saturated rings. The van der Waals surface area contributed by atoms with Crippen LogP contribution in [-0.2, 0) is 0 Å². The maximum absolute atomic E-state index is 8.78. The molecule has 2 heterocycles. The largest absolute Gasteiger partial charge is 0.396 e. The van der Waals surface area contributed by atoms with Crippen molar-refractivity contribution in [3.05, 3.63) is 16.2 Å². The fourth-order valence-corrected chi connectivity index (χ4v) is 3.12. The van der Waals surface area contributed by atoms with Crippen LogP contribution in [0.3, 0.4) is 0 Å². The van der Waals surface area contributed by atoms with Gasteiger partial charge in [-0.25, -0.2) is 4.98 Å². The first-order valence-electron chi connectivity index (χ1n) is 6.37. The average molecular weight is 300 g/mol. The summed E-state index contributed by atoms with van der Waals surface area (Å²) in [7, 11) is 2.02. The van der Waals surface area contributed by atoms with E-state index in [1.54, 1.807) is 11.3 Å². The molecule has 2 aromatic rings. The van der Waals surface area contributed by atoms with E-state index in [1.807, 2.05) is 7.05 Å². The van der Waals surface area contributed by atoms with Crippen LogP contribution in [0.15, 0.2) is 6.07 Å². The Morgan fingerprint density at radius 1 is 1.32 bits per heavy atom. The van der Waals surface area contributed by atoms with Gasteiger partial charge >= 0.3 is 0 Å². The molecule has 0 amide bonds. The second-order valence-corrected chi connectivity index (χ2v) is 6.17. The molecule has 19 heavy (non-hydrogen) atoms. The quantitative estimate of drug-likeness (QED) is 0.657.